The van der Waals surface area contributed by atoms with Crippen LogP contribution >= 0.6 is 0 Å². The van der Waals surface area contributed by atoms with Crippen LogP contribution in [0.25, 0.3) is 11.0 Å². The maximum Gasteiger partial charge on any atom is 0.251 e. The molecule has 1 heterocycles. The Morgan fingerprint density at radius 3 is 2.43 bits per heavy atom. The van der Waals surface area contributed by atoms with Gasteiger partial charge in [-0.3, -0.25) is 4.79 Å². The summed E-state index contributed by atoms with van der Waals surface area (Å²) in [4.78, 5) is 12.7. The number of amides is 1. The Kier molecular flexibility index (Phi) is 5.44. The first-order valence-corrected chi connectivity index (χ1v) is 10.1. The van der Waals surface area contributed by atoms with Crippen molar-refractivity contribution in [2.45, 2.75) is 17.9 Å². The number of carbonyl (C=O) groups excluding carboxylic acids is 1. The molecule has 7 nitrogen and oxygen atoms in total. The second kappa shape index (κ2) is 7.65. The summed E-state index contributed by atoms with van der Waals surface area (Å²) < 4.78 is 36.5. The van der Waals surface area contributed by atoms with E-state index in [2.05, 4.69) is 5.32 Å². The van der Waals surface area contributed by atoms with Gasteiger partial charge in [-0.15, -0.1) is 0 Å². The van der Waals surface area contributed by atoms with Gasteiger partial charge in [0.25, 0.3) is 5.91 Å². The predicted molar refractivity (Wildman–Crippen MR) is 106 cm³/mol. The zero-order valence-corrected chi connectivity index (χ0v) is 16.9. The SMILES string of the molecule is COc1cccc2cc(C(C)NC(=O)c3ccc(S(=O)(=O)N(C)C)cc3)oc12. The summed E-state index contributed by atoms with van der Waals surface area (Å²) in [5, 5.41) is 3.74. The van der Waals surface area contributed by atoms with E-state index in [1.807, 2.05) is 31.2 Å². The van der Waals surface area contributed by atoms with Crippen LogP contribution in [0.4, 0.5) is 0 Å². The number of rotatable bonds is 6. The molecule has 0 aliphatic heterocycles. The Balaban J connectivity index is 1.77. The van der Waals surface area contributed by atoms with Crippen LogP contribution in [-0.4, -0.2) is 39.8 Å². The molecule has 28 heavy (non-hydrogen) atoms. The number of sulfonamides is 1. The van der Waals surface area contributed by atoms with E-state index >= 15 is 0 Å². The second-order valence-corrected chi connectivity index (χ2v) is 8.69. The molecule has 0 spiro atoms. The highest BCUT2D eigenvalue weighted by Gasteiger charge is 2.19. The molecule has 0 aliphatic carbocycles. The van der Waals surface area contributed by atoms with Gasteiger partial charge in [0, 0.05) is 25.0 Å². The van der Waals surface area contributed by atoms with Crippen molar-refractivity contribution >= 4 is 26.9 Å². The van der Waals surface area contributed by atoms with E-state index in [1.165, 1.54) is 38.4 Å². The average Bonchev–Trinajstić information content (AvgIpc) is 3.12. The zero-order chi connectivity index (χ0) is 20.5. The molecule has 3 aromatic rings. The maximum absolute atomic E-state index is 12.5. The Bertz CT molecular complexity index is 1100. The minimum Gasteiger partial charge on any atom is -0.493 e. The molecule has 148 valence electrons. The number of nitrogens with one attached hydrogen (secondary N) is 1. The van der Waals surface area contributed by atoms with Gasteiger partial charge in [-0.25, -0.2) is 12.7 Å². The van der Waals surface area contributed by atoms with Gasteiger partial charge in [-0.1, -0.05) is 12.1 Å². The summed E-state index contributed by atoms with van der Waals surface area (Å²) >= 11 is 0. The lowest BCUT2D eigenvalue weighted by molar-refractivity contribution is 0.0935. The molecule has 0 bridgehead atoms. The number of benzene rings is 2. The normalized spacial score (nSPS) is 12.9. The molecule has 3 rings (SSSR count). The van der Waals surface area contributed by atoms with E-state index in [-0.39, 0.29) is 16.8 Å². The van der Waals surface area contributed by atoms with Gasteiger partial charge in [0.05, 0.1) is 18.0 Å². The summed E-state index contributed by atoms with van der Waals surface area (Å²) in [6.45, 7) is 1.81. The van der Waals surface area contributed by atoms with E-state index in [1.54, 1.807) is 7.11 Å². The van der Waals surface area contributed by atoms with Crippen molar-refractivity contribution < 1.29 is 22.4 Å². The van der Waals surface area contributed by atoms with Gasteiger partial charge in [0.1, 0.15) is 5.76 Å². The Morgan fingerprint density at radius 2 is 1.82 bits per heavy atom. The van der Waals surface area contributed by atoms with Gasteiger partial charge in [-0.2, -0.15) is 0 Å². The molecule has 8 heteroatoms. The molecule has 0 aliphatic rings. The van der Waals surface area contributed by atoms with Crippen LogP contribution in [-0.2, 0) is 10.0 Å². The first kappa shape index (κ1) is 19.9. The summed E-state index contributed by atoms with van der Waals surface area (Å²) in [5.41, 5.74) is 0.984. The van der Waals surface area contributed by atoms with Crippen molar-refractivity contribution in [3.8, 4) is 5.75 Å². The Hall–Kier alpha value is -2.84. The van der Waals surface area contributed by atoms with Crippen LogP contribution in [0.1, 0.15) is 29.1 Å². The standard InChI is InChI=1S/C20H22N2O5S/c1-13(18-12-15-6-5-7-17(26-4)19(15)27-18)21-20(23)14-8-10-16(11-9-14)28(24,25)22(2)3/h5-13H,1-4H3,(H,21,23). The molecular weight excluding hydrogens is 380 g/mol. The monoisotopic (exact) mass is 402 g/mol. The Morgan fingerprint density at radius 1 is 1.14 bits per heavy atom. The fraction of sp³-hybridized carbons (Fsp3) is 0.250. The summed E-state index contributed by atoms with van der Waals surface area (Å²) in [6, 6.07) is 12.9. The molecule has 1 aromatic heterocycles. The van der Waals surface area contributed by atoms with Gasteiger partial charge in [-0.05, 0) is 43.3 Å². The predicted octanol–water partition coefficient (Wildman–Crippen LogP) is 3.18. The summed E-state index contributed by atoms with van der Waals surface area (Å²) in [7, 11) is 0.956. The fourth-order valence-electron chi connectivity index (χ4n) is 2.77. The van der Waals surface area contributed by atoms with E-state index in [9.17, 15) is 13.2 Å². The highest BCUT2D eigenvalue weighted by Crippen LogP contribution is 2.31. The number of carbonyl (C=O) groups is 1. The van der Waals surface area contributed by atoms with Crippen molar-refractivity contribution in [2.75, 3.05) is 21.2 Å². The van der Waals surface area contributed by atoms with Crippen LogP contribution in [0, 0.1) is 0 Å². The largest absolute Gasteiger partial charge is 0.493 e. The smallest absolute Gasteiger partial charge is 0.251 e. The minimum atomic E-state index is -3.53. The van der Waals surface area contributed by atoms with Gasteiger partial charge < -0.3 is 14.5 Å². The quantitative estimate of drug-likeness (QED) is 0.684. The molecule has 0 saturated carbocycles. The topological polar surface area (TPSA) is 88.8 Å². The number of methoxy groups -OCH3 is 1. The van der Waals surface area contributed by atoms with E-state index in [0.29, 0.717) is 22.7 Å². The van der Waals surface area contributed by atoms with Crippen molar-refractivity contribution in [1.82, 2.24) is 9.62 Å². The van der Waals surface area contributed by atoms with Crippen molar-refractivity contribution in [1.29, 1.82) is 0 Å². The lowest BCUT2D eigenvalue weighted by Gasteiger charge is -2.13. The number of para-hydroxylation sites is 1. The first-order chi connectivity index (χ1) is 13.2. The highest BCUT2D eigenvalue weighted by molar-refractivity contribution is 7.89. The molecule has 1 amide bonds. The Labute approximate surface area is 163 Å². The molecule has 2 aromatic carbocycles. The third-order valence-electron chi connectivity index (χ3n) is 4.42. The van der Waals surface area contributed by atoms with Crippen molar-refractivity contribution in [2.24, 2.45) is 0 Å². The molecule has 1 atom stereocenters. The van der Waals surface area contributed by atoms with Crippen LogP contribution in [0.3, 0.4) is 0 Å². The van der Waals surface area contributed by atoms with E-state index in [0.717, 1.165) is 9.69 Å². The van der Waals surface area contributed by atoms with Gasteiger partial charge >= 0.3 is 0 Å². The summed E-state index contributed by atoms with van der Waals surface area (Å²) in [6.07, 6.45) is 0. The highest BCUT2D eigenvalue weighted by atomic mass is 32.2. The number of nitrogens with zero attached hydrogens (tertiary/aromatic N) is 1. The third-order valence-corrected chi connectivity index (χ3v) is 6.25. The van der Waals surface area contributed by atoms with E-state index < -0.39 is 10.0 Å². The van der Waals surface area contributed by atoms with Crippen molar-refractivity contribution in [3.63, 3.8) is 0 Å². The maximum atomic E-state index is 12.5. The molecule has 1 N–H and O–H groups in total. The molecule has 0 fully saturated rings. The van der Waals surface area contributed by atoms with Gasteiger partial charge in [0.2, 0.25) is 10.0 Å². The number of hydrogen-bond donors (Lipinski definition) is 1. The zero-order valence-electron chi connectivity index (χ0n) is 16.1. The summed E-state index contributed by atoms with van der Waals surface area (Å²) in [5.74, 6) is 0.897. The van der Waals surface area contributed by atoms with Crippen LogP contribution < -0.4 is 10.1 Å². The van der Waals surface area contributed by atoms with Crippen LogP contribution in [0.2, 0.25) is 0 Å². The molecule has 0 saturated heterocycles. The minimum absolute atomic E-state index is 0.131. The molecule has 0 radical (unpaired) electrons. The van der Waals surface area contributed by atoms with Gasteiger partial charge in [0.15, 0.2) is 11.3 Å². The lowest BCUT2D eigenvalue weighted by atomic mass is 10.1. The number of hydrogen-bond acceptors (Lipinski definition) is 5. The lowest BCUT2D eigenvalue weighted by Crippen LogP contribution is -2.26. The number of furan rings is 1. The molecule has 1 unspecified atom stereocenters. The number of fused-ring (bicyclic) bond motifs is 1. The van der Waals surface area contributed by atoms with E-state index in [4.69, 9.17) is 9.15 Å². The van der Waals surface area contributed by atoms with Crippen molar-refractivity contribution in [3.05, 3.63) is 59.9 Å². The third kappa shape index (κ3) is 3.74. The van der Waals surface area contributed by atoms with Crippen LogP contribution in [0.5, 0.6) is 5.75 Å². The second-order valence-electron chi connectivity index (χ2n) is 6.53. The first-order valence-electron chi connectivity index (χ1n) is 8.64. The fourth-order valence-corrected chi connectivity index (χ4v) is 3.67. The average molecular weight is 402 g/mol. The van der Waals surface area contributed by atoms with Crippen LogP contribution in [0.15, 0.2) is 57.8 Å². The molecular formula is C20H22N2O5S. The number of ether oxygens (including phenoxy) is 1.